The quantitative estimate of drug-likeness (QED) is 0.810. The molecule has 0 aliphatic carbocycles. The van der Waals surface area contributed by atoms with Gasteiger partial charge in [-0.25, -0.2) is 4.98 Å². The SMILES string of the molecule is CC(Sc1ncc[nH]1)c1c(Cl)ccc2c1CCCCN2. The lowest BCUT2D eigenvalue weighted by atomic mass is 9.99. The number of rotatable bonds is 3. The Morgan fingerprint density at radius 1 is 1.35 bits per heavy atom. The fourth-order valence-corrected chi connectivity index (χ4v) is 4.09. The van der Waals surface area contributed by atoms with Crippen LogP contribution in [0.5, 0.6) is 0 Å². The molecular formula is C15H18ClN3S. The maximum absolute atomic E-state index is 6.48. The van der Waals surface area contributed by atoms with Gasteiger partial charge < -0.3 is 10.3 Å². The highest BCUT2D eigenvalue weighted by molar-refractivity contribution is 7.99. The second-order valence-corrected chi connectivity index (χ2v) is 6.76. The van der Waals surface area contributed by atoms with Crippen molar-refractivity contribution < 1.29 is 0 Å². The summed E-state index contributed by atoms with van der Waals surface area (Å²) >= 11 is 8.20. The lowest BCUT2D eigenvalue weighted by Crippen LogP contribution is -2.03. The van der Waals surface area contributed by atoms with Gasteiger partial charge in [0.25, 0.3) is 0 Å². The Kier molecular flexibility index (Phi) is 4.22. The molecule has 1 aromatic heterocycles. The van der Waals surface area contributed by atoms with E-state index in [1.807, 2.05) is 12.3 Å². The van der Waals surface area contributed by atoms with Crippen LogP contribution in [-0.4, -0.2) is 16.5 Å². The van der Waals surface area contributed by atoms with Gasteiger partial charge in [-0.2, -0.15) is 0 Å². The lowest BCUT2D eigenvalue weighted by Gasteiger charge is -2.19. The van der Waals surface area contributed by atoms with Crippen molar-refractivity contribution in [3.05, 3.63) is 40.7 Å². The highest BCUT2D eigenvalue weighted by Crippen LogP contribution is 2.41. The molecule has 2 N–H and O–H groups in total. The van der Waals surface area contributed by atoms with Crippen LogP contribution in [0.25, 0.3) is 0 Å². The first kappa shape index (κ1) is 13.8. The van der Waals surface area contributed by atoms with Crippen molar-refractivity contribution in [1.29, 1.82) is 0 Å². The number of hydrogen-bond acceptors (Lipinski definition) is 3. The molecule has 2 heterocycles. The molecule has 0 saturated heterocycles. The number of thioether (sulfide) groups is 1. The Morgan fingerprint density at radius 3 is 3.05 bits per heavy atom. The molecule has 20 heavy (non-hydrogen) atoms. The number of imidazole rings is 1. The predicted octanol–water partition coefficient (Wildman–Crippen LogP) is 4.66. The van der Waals surface area contributed by atoms with E-state index in [1.54, 1.807) is 18.0 Å². The molecule has 0 spiro atoms. The van der Waals surface area contributed by atoms with E-state index in [2.05, 4.69) is 28.3 Å². The van der Waals surface area contributed by atoms with Crippen molar-refractivity contribution in [2.24, 2.45) is 0 Å². The Bertz CT molecular complexity index is 583. The first-order valence-electron chi connectivity index (χ1n) is 6.97. The molecular weight excluding hydrogens is 290 g/mol. The largest absolute Gasteiger partial charge is 0.385 e. The summed E-state index contributed by atoms with van der Waals surface area (Å²) in [7, 11) is 0. The molecule has 5 heteroatoms. The number of nitrogens with one attached hydrogen (secondary N) is 2. The Hall–Kier alpha value is -1.13. The zero-order valence-corrected chi connectivity index (χ0v) is 13.0. The summed E-state index contributed by atoms with van der Waals surface area (Å²) < 4.78 is 0. The number of hydrogen-bond donors (Lipinski definition) is 2. The van der Waals surface area contributed by atoms with Crippen molar-refractivity contribution >= 4 is 29.1 Å². The normalized spacial score (nSPS) is 16.1. The molecule has 1 aliphatic heterocycles. The number of nitrogens with zero attached hydrogens (tertiary/aromatic N) is 1. The minimum atomic E-state index is 0.281. The van der Waals surface area contributed by atoms with Crippen molar-refractivity contribution in [1.82, 2.24) is 9.97 Å². The van der Waals surface area contributed by atoms with Gasteiger partial charge in [0.15, 0.2) is 5.16 Å². The van der Waals surface area contributed by atoms with Crippen LogP contribution in [0.15, 0.2) is 29.7 Å². The van der Waals surface area contributed by atoms with Crippen LogP contribution in [0, 0.1) is 0 Å². The van der Waals surface area contributed by atoms with Crippen LogP contribution < -0.4 is 5.32 Å². The summed E-state index contributed by atoms with van der Waals surface area (Å²) in [5.41, 5.74) is 3.87. The molecule has 3 rings (SSSR count). The molecule has 1 atom stereocenters. The maximum Gasteiger partial charge on any atom is 0.165 e. The van der Waals surface area contributed by atoms with Crippen molar-refractivity contribution in [2.45, 2.75) is 36.6 Å². The Balaban J connectivity index is 1.95. The van der Waals surface area contributed by atoms with Gasteiger partial charge in [-0.05, 0) is 49.4 Å². The summed E-state index contributed by atoms with van der Waals surface area (Å²) in [6.45, 7) is 3.24. The minimum Gasteiger partial charge on any atom is -0.385 e. The van der Waals surface area contributed by atoms with E-state index in [-0.39, 0.29) is 5.25 Å². The molecule has 106 valence electrons. The van der Waals surface area contributed by atoms with Gasteiger partial charge in [0.2, 0.25) is 0 Å². The molecule has 0 saturated carbocycles. The van der Waals surface area contributed by atoms with E-state index in [4.69, 9.17) is 11.6 Å². The summed E-state index contributed by atoms with van der Waals surface area (Å²) in [6, 6.07) is 4.12. The van der Waals surface area contributed by atoms with Crippen LogP contribution in [0.3, 0.4) is 0 Å². The van der Waals surface area contributed by atoms with Crippen molar-refractivity contribution in [3.8, 4) is 0 Å². The number of anilines is 1. The number of aromatic amines is 1. The van der Waals surface area contributed by atoms with E-state index in [0.29, 0.717) is 0 Å². The predicted molar refractivity (Wildman–Crippen MR) is 85.7 cm³/mol. The summed E-state index contributed by atoms with van der Waals surface area (Å²) in [5, 5.41) is 5.59. The first-order chi connectivity index (χ1) is 9.75. The van der Waals surface area contributed by atoms with Gasteiger partial charge in [-0.3, -0.25) is 0 Å². The molecule has 3 nitrogen and oxygen atoms in total. The molecule has 0 fully saturated rings. The van der Waals surface area contributed by atoms with Gasteiger partial charge >= 0.3 is 0 Å². The Labute approximate surface area is 128 Å². The van der Waals surface area contributed by atoms with E-state index >= 15 is 0 Å². The summed E-state index contributed by atoms with van der Waals surface area (Å²) in [6.07, 6.45) is 7.16. The molecule has 1 unspecified atom stereocenters. The second-order valence-electron chi connectivity index (χ2n) is 5.03. The van der Waals surface area contributed by atoms with Crippen LogP contribution in [0.4, 0.5) is 5.69 Å². The molecule has 1 aromatic carbocycles. The van der Waals surface area contributed by atoms with E-state index in [9.17, 15) is 0 Å². The summed E-state index contributed by atoms with van der Waals surface area (Å²) in [5.74, 6) is 0. The van der Waals surface area contributed by atoms with Crippen molar-refractivity contribution in [3.63, 3.8) is 0 Å². The average Bonchev–Trinajstić information content (AvgIpc) is 2.82. The minimum absolute atomic E-state index is 0.281. The number of benzene rings is 1. The van der Waals surface area contributed by atoms with Crippen LogP contribution in [0.2, 0.25) is 5.02 Å². The number of aromatic nitrogens is 2. The Morgan fingerprint density at radius 2 is 2.25 bits per heavy atom. The average molecular weight is 308 g/mol. The fourth-order valence-electron chi connectivity index (χ4n) is 2.70. The fraction of sp³-hybridized carbons (Fsp3) is 0.400. The molecule has 0 bridgehead atoms. The van der Waals surface area contributed by atoms with Gasteiger partial charge in [0.1, 0.15) is 0 Å². The third-order valence-electron chi connectivity index (χ3n) is 3.64. The molecule has 0 radical (unpaired) electrons. The van der Waals surface area contributed by atoms with E-state index in [1.165, 1.54) is 29.7 Å². The number of halogens is 1. The maximum atomic E-state index is 6.48. The monoisotopic (exact) mass is 307 g/mol. The summed E-state index contributed by atoms with van der Waals surface area (Å²) in [4.78, 5) is 7.43. The highest BCUT2D eigenvalue weighted by atomic mass is 35.5. The zero-order valence-electron chi connectivity index (χ0n) is 11.4. The van der Waals surface area contributed by atoms with Crippen LogP contribution in [0.1, 0.15) is 36.1 Å². The molecule has 1 aliphatic rings. The lowest BCUT2D eigenvalue weighted by molar-refractivity contribution is 0.780. The van der Waals surface area contributed by atoms with Gasteiger partial charge in [-0.1, -0.05) is 23.4 Å². The standard InChI is InChI=1S/C15H18ClN3S/c1-10(20-15-18-8-9-19-15)14-11-4-2-3-7-17-13(11)6-5-12(14)16/h5-6,8-10,17H,2-4,7H2,1H3,(H,18,19). The van der Waals surface area contributed by atoms with Crippen LogP contribution in [-0.2, 0) is 6.42 Å². The zero-order chi connectivity index (χ0) is 13.9. The highest BCUT2D eigenvalue weighted by Gasteiger charge is 2.20. The van der Waals surface area contributed by atoms with Crippen LogP contribution >= 0.6 is 23.4 Å². The topological polar surface area (TPSA) is 40.7 Å². The first-order valence-corrected chi connectivity index (χ1v) is 8.22. The number of H-pyrrole nitrogens is 1. The third-order valence-corrected chi connectivity index (χ3v) is 5.01. The molecule has 2 aromatic rings. The third kappa shape index (κ3) is 2.81. The van der Waals surface area contributed by atoms with E-state index < -0.39 is 0 Å². The van der Waals surface area contributed by atoms with Gasteiger partial charge in [0.05, 0.1) is 0 Å². The van der Waals surface area contributed by atoms with E-state index in [0.717, 1.165) is 23.1 Å². The smallest absolute Gasteiger partial charge is 0.165 e. The number of fused-ring (bicyclic) bond motifs is 1. The van der Waals surface area contributed by atoms with Gasteiger partial charge in [-0.15, -0.1) is 0 Å². The van der Waals surface area contributed by atoms with Gasteiger partial charge in [0, 0.05) is 34.9 Å². The molecule has 0 amide bonds. The van der Waals surface area contributed by atoms with Crippen molar-refractivity contribution in [2.75, 3.05) is 11.9 Å². The second kappa shape index (κ2) is 6.10.